The third-order valence-electron chi connectivity index (χ3n) is 3.67. The van der Waals surface area contributed by atoms with Gasteiger partial charge in [0.1, 0.15) is 6.61 Å². The van der Waals surface area contributed by atoms with Gasteiger partial charge in [-0.2, -0.15) is 0 Å². The molecular formula is C20H26N3O2S+. The molecule has 0 amide bonds. The molecule has 5 nitrogen and oxygen atoms in total. The quantitative estimate of drug-likeness (QED) is 0.375. The molecule has 0 aliphatic heterocycles. The minimum atomic E-state index is 0.507. The highest BCUT2D eigenvalue weighted by Gasteiger charge is 2.08. The number of rotatable bonds is 8. The van der Waals surface area contributed by atoms with Gasteiger partial charge in [0, 0.05) is 12.1 Å². The van der Waals surface area contributed by atoms with Crippen molar-refractivity contribution in [3.8, 4) is 11.5 Å². The average molecular weight is 373 g/mol. The van der Waals surface area contributed by atoms with Gasteiger partial charge < -0.3 is 14.8 Å². The number of ether oxygens (including phenoxy) is 2. The number of hydrogen-bond donors (Lipinski definition) is 3. The fourth-order valence-electron chi connectivity index (χ4n) is 2.32. The number of hydrogen-bond acceptors (Lipinski definition) is 3. The molecule has 2 rings (SSSR count). The Labute approximate surface area is 160 Å². The zero-order valence-corrected chi connectivity index (χ0v) is 16.3. The predicted octanol–water partition coefficient (Wildman–Crippen LogP) is 1.87. The maximum Gasteiger partial charge on any atom is 0.223 e. The van der Waals surface area contributed by atoms with Gasteiger partial charge >= 0.3 is 0 Å². The number of benzene rings is 2. The van der Waals surface area contributed by atoms with Crippen LogP contribution in [0.3, 0.4) is 0 Å². The van der Waals surface area contributed by atoms with Crippen LogP contribution in [0.15, 0.2) is 42.5 Å². The molecule has 3 N–H and O–H groups in total. The molecule has 0 fully saturated rings. The second kappa shape index (κ2) is 10.4. The summed E-state index contributed by atoms with van der Waals surface area (Å²) in [4.78, 5) is 0. The van der Waals surface area contributed by atoms with Crippen LogP contribution in [-0.2, 0) is 6.61 Å². The monoisotopic (exact) mass is 372 g/mol. The summed E-state index contributed by atoms with van der Waals surface area (Å²) in [6, 6.07) is 14.0. The van der Waals surface area contributed by atoms with Crippen molar-refractivity contribution in [3.63, 3.8) is 0 Å². The van der Waals surface area contributed by atoms with Crippen LogP contribution >= 0.6 is 12.2 Å². The second-order valence-electron chi connectivity index (χ2n) is 5.63. The zero-order chi connectivity index (χ0) is 18.8. The highest BCUT2D eigenvalue weighted by Crippen LogP contribution is 2.29. The molecule has 2 aromatic carbocycles. The molecule has 0 bridgehead atoms. The summed E-state index contributed by atoms with van der Waals surface area (Å²) in [6.45, 7) is 7.87. The molecule has 0 atom stereocenters. The molecule has 0 aliphatic carbocycles. The SMILES string of the molecule is CCNC(=S)N[NH+]=Cc1ccc(OCc2ccccc2C)c(OCC)c1. The first-order valence-electron chi connectivity index (χ1n) is 8.70. The van der Waals surface area contributed by atoms with E-state index in [2.05, 4.69) is 34.9 Å². The fraction of sp³-hybridized carbons (Fsp3) is 0.300. The maximum atomic E-state index is 5.98. The normalized spacial score (nSPS) is 10.6. The molecule has 0 spiro atoms. The Hall–Kier alpha value is -2.60. The minimum absolute atomic E-state index is 0.507. The minimum Gasteiger partial charge on any atom is -0.490 e. The second-order valence-corrected chi connectivity index (χ2v) is 6.04. The Morgan fingerprint density at radius 3 is 2.65 bits per heavy atom. The number of hydrazine groups is 1. The molecule has 0 saturated carbocycles. The molecule has 2 aromatic rings. The summed E-state index contributed by atoms with van der Waals surface area (Å²) < 4.78 is 11.7. The third kappa shape index (κ3) is 6.04. The highest BCUT2D eigenvalue weighted by molar-refractivity contribution is 7.80. The number of hydrazone groups is 1. The Bertz CT molecular complexity index is 762. The Kier molecular flexibility index (Phi) is 7.89. The van der Waals surface area contributed by atoms with Gasteiger partial charge in [-0.25, -0.2) is 0 Å². The van der Waals surface area contributed by atoms with Crippen molar-refractivity contribution in [2.24, 2.45) is 0 Å². The van der Waals surface area contributed by atoms with Crippen LogP contribution in [0.1, 0.15) is 30.5 Å². The summed E-state index contributed by atoms with van der Waals surface area (Å²) >= 11 is 5.10. The summed E-state index contributed by atoms with van der Waals surface area (Å²) in [5.74, 6) is 1.44. The highest BCUT2D eigenvalue weighted by atomic mass is 32.1. The molecule has 0 saturated heterocycles. The molecule has 0 unspecified atom stereocenters. The van der Waals surface area contributed by atoms with E-state index in [1.807, 2.05) is 50.4 Å². The molecule has 0 radical (unpaired) electrons. The van der Waals surface area contributed by atoms with Crippen LogP contribution in [-0.4, -0.2) is 24.5 Å². The van der Waals surface area contributed by atoms with Crippen LogP contribution in [0.4, 0.5) is 0 Å². The van der Waals surface area contributed by atoms with Gasteiger partial charge in [-0.1, -0.05) is 24.3 Å². The van der Waals surface area contributed by atoms with E-state index in [0.29, 0.717) is 24.1 Å². The van der Waals surface area contributed by atoms with Crippen LogP contribution in [0.5, 0.6) is 11.5 Å². The van der Waals surface area contributed by atoms with E-state index >= 15 is 0 Å². The third-order valence-corrected chi connectivity index (χ3v) is 3.92. The van der Waals surface area contributed by atoms with Crippen LogP contribution < -0.4 is 25.3 Å². The first-order chi connectivity index (χ1) is 12.6. The maximum absolute atomic E-state index is 5.98. The van der Waals surface area contributed by atoms with Crippen molar-refractivity contribution >= 4 is 23.5 Å². The van der Waals surface area contributed by atoms with Crippen LogP contribution in [0.25, 0.3) is 0 Å². The summed E-state index contributed by atoms with van der Waals surface area (Å²) in [7, 11) is 0. The van der Waals surface area contributed by atoms with Gasteiger partial charge in [-0.3, -0.25) is 0 Å². The molecule has 0 aromatic heterocycles. The van der Waals surface area contributed by atoms with Gasteiger partial charge in [0.2, 0.25) is 5.11 Å². The van der Waals surface area contributed by atoms with Gasteiger partial charge in [0.25, 0.3) is 0 Å². The van der Waals surface area contributed by atoms with Crippen molar-refractivity contribution < 1.29 is 14.6 Å². The van der Waals surface area contributed by atoms with Gasteiger partial charge in [-0.05, 0) is 62.3 Å². The number of aryl methyl sites for hydroxylation is 1. The van der Waals surface area contributed by atoms with Crippen molar-refractivity contribution in [3.05, 3.63) is 59.2 Å². The standard InChI is InChI=1S/C20H25N3O2S/c1-4-21-20(26)23-22-13-16-10-11-18(19(12-16)24-5-2)25-14-17-9-7-6-8-15(17)3/h6-13H,4-5,14H2,1-3H3,(H2,21,23,26)/p+1. The van der Waals surface area contributed by atoms with Crippen LogP contribution in [0, 0.1) is 6.92 Å². The van der Waals surface area contributed by atoms with Gasteiger partial charge in [0.05, 0.1) is 6.61 Å². The lowest BCUT2D eigenvalue weighted by atomic mass is 10.1. The number of thiocarbonyl (C=S) groups is 1. The molecule has 6 heteroatoms. The van der Waals surface area contributed by atoms with E-state index in [4.69, 9.17) is 21.7 Å². The molecular weight excluding hydrogens is 346 g/mol. The summed E-state index contributed by atoms with van der Waals surface area (Å²) in [5, 5.41) is 6.52. The topological polar surface area (TPSA) is 56.5 Å². The first kappa shape index (κ1) is 19.7. The summed E-state index contributed by atoms with van der Waals surface area (Å²) in [5.41, 5.74) is 6.21. The van der Waals surface area contributed by atoms with E-state index in [9.17, 15) is 0 Å². The Balaban J connectivity index is 2.06. The molecule has 0 aliphatic rings. The fourth-order valence-corrected chi connectivity index (χ4v) is 2.52. The molecule has 138 valence electrons. The average Bonchev–Trinajstić information content (AvgIpc) is 2.63. The largest absolute Gasteiger partial charge is 0.490 e. The molecule has 26 heavy (non-hydrogen) atoms. The van der Waals surface area contributed by atoms with E-state index in [1.54, 1.807) is 0 Å². The zero-order valence-electron chi connectivity index (χ0n) is 15.5. The Morgan fingerprint density at radius 1 is 1.12 bits per heavy atom. The molecule has 0 heterocycles. The first-order valence-corrected chi connectivity index (χ1v) is 9.11. The van der Waals surface area contributed by atoms with Crippen molar-refractivity contribution in [2.45, 2.75) is 27.4 Å². The van der Waals surface area contributed by atoms with Crippen LogP contribution in [0.2, 0.25) is 0 Å². The van der Waals surface area contributed by atoms with E-state index < -0.39 is 0 Å². The van der Waals surface area contributed by atoms with Crippen molar-refractivity contribution in [1.82, 2.24) is 10.7 Å². The van der Waals surface area contributed by atoms with E-state index in [1.165, 1.54) is 5.56 Å². The predicted molar refractivity (Wildman–Crippen MR) is 109 cm³/mol. The lowest BCUT2D eigenvalue weighted by molar-refractivity contribution is -0.500. The van der Waals surface area contributed by atoms with Gasteiger partial charge in [-0.15, -0.1) is 10.5 Å². The van der Waals surface area contributed by atoms with E-state index in [0.717, 1.165) is 23.4 Å². The Morgan fingerprint density at radius 2 is 1.92 bits per heavy atom. The lowest BCUT2D eigenvalue weighted by Crippen LogP contribution is -2.82. The summed E-state index contributed by atoms with van der Waals surface area (Å²) in [6.07, 6.45) is 1.82. The van der Waals surface area contributed by atoms with Gasteiger partial charge in [0.15, 0.2) is 17.7 Å². The lowest BCUT2D eigenvalue weighted by Gasteiger charge is -2.13. The van der Waals surface area contributed by atoms with Crippen molar-refractivity contribution in [2.75, 3.05) is 13.2 Å². The van der Waals surface area contributed by atoms with Crippen molar-refractivity contribution in [1.29, 1.82) is 0 Å². The van der Waals surface area contributed by atoms with E-state index in [-0.39, 0.29) is 0 Å². The number of nitrogens with one attached hydrogen (secondary N) is 3. The smallest absolute Gasteiger partial charge is 0.223 e.